The summed E-state index contributed by atoms with van der Waals surface area (Å²) in [5.41, 5.74) is 3.81. The second-order valence-electron chi connectivity index (χ2n) is 6.80. The van der Waals surface area contributed by atoms with Gasteiger partial charge in [0.05, 0.1) is 11.0 Å². The van der Waals surface area contributed by atoms with E-state index in [0.717, 1.165) is 29.6 Å². The molecule has 2 aromatic carbocycles. The quantitative estimate of drug-likeness (QED) is 0.523. The molecule has 2 aromatic rings. The molecule has 0 aliphatic carbocycles. The molecule has 28 heavy (non-hydrogen) atoms. The highest BCUT2D eigenvalue weighted by atomic mass is 16.2. The van der Waals surface area contributed by atoms with E-state index in [-0.39, 0.29) is 5.69 Å². The van der Waals surface area contributed by atoms with Crippen LogP contribution in [0, 0.1) is 6.92 Å². The third-order valence-corrected chi connectivity index (χ3v) is 4.91. The molecule has 7 heteroatoms. The van der Waals surface area contributed by atoms with Crippen LogP contribution < -0.4 is 16.6 Å². The lowest BCUT2D eigenvalue weighted by molar-refractivity contribution is 0.649. The summed E-state index contributed by atoms with van der Waals surface area (Å²) in [6, 6.07) is 14.2. The van der Waals surface area contributed by atoms with Crippen molar-refractivity contribution in [2.24, 2.45) is 0 Å². The van der Waals surface area contributed by atoms with Crippen molar-refractivity contribution in [2.75, 3.05) is 12.4 Å². The maximum atomic E-state index is 12.3. The van der Waals surface area contributed by atoms with Gasteiger partial charge < -0.3 is 9.88 Å². The van der Waals surface area contributed by atoms with Gasteiger partial charge in [-0.25, -0.2) is 9.78 Å². The highest BCUT2D eigenvalue weighted by Gasteiger charge is 2.19. The summed E-state index contributed by atoms with van der Waals surface area (Å²) < 4.78 is 1.93. The van der Waals surface area contributed by atoms with Crippen molar-refractivity contribution in [1.82, 2.24) is 19.5 Å². The molecule has 2 aliphatic rings. The minimum atomic E-state index is -0.656. The fourth-order valence-electron chi connectivity index (χ4n) is 3.53. The van der Waals surface area contributed by atoms with Crippen LogP contribution in [0.15, 0.2) is 52.1 Å². The second-order valence-corrected chi connectivity index (χ2v) is 6.80. The van der Waals surface area contributed by atoms with Crippen molar-refractivity contribution >= 4 is 16.7 Å². The van der Waals surface area contributed by atoms with Gasteiger partial charge >= 0.3 is 5.69 Å². The molecule has 0 saturated carbocycles. The number of aryl methyl sites for hydroxylation is 3. The predicted molar refractivity (Wildman–Crippen MR) is 110 cm³/mol. The second kappa shape index (κ2) is 7.26. The van der Waals surface area contributed by atoms with Gasteiger partial charge in [-0.2, -0.15) is 4.98 Å². The number of benzene rings is 2. The molecule has 0 radical (unpaired) electrons. The number of aromatic nitrogens is 4. The Bertz CT molecular complexity index is 1230. The molecular formula is C21H21N5O2. The smallest absolute Gasteiger partial charge is 0.349 e. The van der Waals surface area contributed by atoms with Crippen LogP contribution in [0.25, 0.3) is 22.6 Å². The summed E-state index contributed by atoms with van der Waals surface area (Å²) in [6.45, 7) is 2.60. The van der Waals surface area contributed by atoms with E-state index in [1.807, 2.05) is 48.9 Å². The van der Waals surface area contributed by atoms with Crippen LogP contribution >= 0.6 is 0 Å². The van der Waals surface area contributed by atoms with Crippen LogP contribution in [-0.2, 0) is 13.0 Å². The minimum absolute atomic E-state index is 0.184. The summed E-state index contributed by atoms with van der Waals surface area (Å²) in [7, 11) is 1.86. The van der Waals surface area contributed by atoms with E-state index in [1.165, 1.54) is 5.56 Å². The lowest BCUT2D eigenvalue weighted by atomic mass is 10.1. The first-order valence-electron chi connectivity index (χ1n) is 9.24. The van der Waals surface area contributed by atoms with Gasteiger partial charge in [0.2, 0.25) is 0 Å². The Balaban J connectivity index is 1.86. The SMILES string of the molecule is CNc1cc2c(cc1C)nc1c(=O)[nH]c(=O)nc-1n2CCCc1ccccc1. The number of rotatable bonds is 5. The van der Waals surface area contributed by atoms with E-state index < -0.39 is 11.2 Å². The number of fused-ring (bicyclic) bond motifs is 2. The van der Waals surface area contributed by atoms with E-state index in [1.54, 1.807) is 0 Å². The monoisotopic (exact) mass is 375 g/mol. The average molecular weight is 375 g/mol. The Morgan fingerprint density at radius 2 is 1.89 bits per heavy atom. The van der Waals surface area contributed by atoms with Crippen LogP contribution in [0.5, 0.6) is 0 Å². The zero-order valence-electron chi connectivity index (χ0n) is 15.8. The molecule has 7 nitrogen and oxygen atoms in total. The summed E-state index contributed by atoms with van der Waals surface area (Å²) in [5, 5.41) is 3.18. The molecule has 2 heterocycles. The zero-order valence-corrected chi connectivity index (χ0v) is 15.8. The fourth-order valence-corrected chi connectivity index (χ4v) is 3.53. The number of nitrogens with zero attached hydrogens (tertiary/aromatic N) is 3. The van der Waals surface area contributed by atoms with Crippen LogP contribution in [0.4, 0.5) is 5.69 Å². The molecule has 4 rings (SSSR count). The van der Waals surface area contributed by atoms with Gasteiger partial charge in [0.1, 0.15) is 0 Å². The topological polar surface area (TPSA) is 92.7 Å². The maximum absolute atomic E-state index is 12.3. The first-order chi connectivity index (χ1) is 13.6. The number of nitrogens with one attached hydrogen (secondary N) is 2. The summed E-state index contributed by atoms with van der Waals surface area (Å²) >= 11 is 0. The number of hydrogen-bond donors (Lipinski definition) is 2. The molecule has 0 amide bonds. The van der Waals surface area contributed by atoms with Crippen molar-refractivity contribution in [1.29, 1.82) is 0 Å². The summed E-state index contributed by atoms with van der Waals surface area (Å²) in [5.74, 6) is 0.320. The Hall–Kier alpha value is -3.48. The lowest BCUT2D eigenvalue weighted by Gasteiger charge is -2.18. The molecular weight excluding hydrogens is 354 g/mol. The number of aromatic amines is 1. The number of hydrogen-bond acceptors (Lipinski definition) is 5. The van der Waals surface area contributed by atoms with E-state index in [2.05, 4.69) is 32.4 Å². The molecule has 0 bridgehead atoms. The zero-order chi connectivity index (χ0) is 19.7. The van der Waals surface area contributed by atoms with Crippen molar-refractivity contribution in [2.45, 2.75) is 26.3 Å². The Kier molecular flexibility index (Phi) is 4.65. The van der Waals surface area contributed by atoms with Gasteiger partial charge in [-0.05, 0) is 43.0 Å². The van der Waals surface area contributed by atoms with E-state index in [0.29, 0.717) is 17.9 Å². The van der Waals surface area contributed by atoms with Gasteiger partial charge in [-0.1, -0.05) is 30.3 Å². The average Bonchev–Trinajstić information content (AvgIpc) is 2.68. The molecule has 0 spiro atoms. The highest BCUT2D eigenvalue weighted by molar-refractivity contribution is 5.84. The Morgan fingerprint density at radius 1 is 1.11 bits per heavy atom. The lowest BCUT2D eigenvalue weighted by Crippen LogP contribution is -2.29. The third-order valence-electron chi connectivity index (χ3n) is 4.91. The number of H-pyrrole nitrogens is 1. The Morgan fingerprint density at radius 3 is 2.64 bits per heavy atom. The molecule has 0 fully saturated rings. The highest BCUT2D eigenvalue weighted by Crippen LogP contribution is 2.26. The van der Waals surface area contributed by atoms with Crippen LogP contribution in [0.1, 0.15) is 17.5 Å². The summed E-state index contributed by atoms with van der Waals surface area (Å²) in [6.07, 6.45) is 1.73. The van der Waals surface area contributed by atoms with Gasteiger partial charge in [-0.3, -0.25) is 9.78 Å². The van der Waals surface area contributed by atoms with Crippen LogP contribution in [-0.4, -0.2) is 26.6 Å². The third kappa shape index (κ3) is 3.26. The van der Waals surface area contributed by atoms with Crippen molar-refractivity contribution in [3.63, 3.8) is 0 Å². The first kappa shape index (κ1) is 17.9. The molecule has 0 unspecified atom stereocenters. The van der Waals surface area contributed by atoms with E-state index in [4.69, 9.17) is 0 Å². The number of anilines is 1. The molecule has 0 saturated heterocycles. The minimum Gasteiger partial charge on any atom is -0.388 e. The van der Waals surface area contributed by atoms with Gasteiger partial charge in [-0.15, -0.1) is 0 Å². The normalized spacial score (nSPS) is 11.2. The first-order valence-corrected chi connectivity index (χ1v) is 9.24. The van der Waals surface area contributed by atoms with Gasteiger partial charge in [0.15, 0.2) is 11.5 Å². The van der Waals surface area contributed by atoms with Crippen molar-refractivity contribution < 1.29 is 0 Å². The molecule has 0 aromatic heterocycles. The fraction of sp³-hybridized carbons (Fsp3) is 0.238. The standard InChI is InChI=1S/C21H21N5O2/c1-13-11-16-17(12-15(13)22-2)26(10-6-9-14-7-4-3-5-8-14)19-18(23-16)20(27)25-21(28)24-19/h3-5,7-8,11-12,22H,6,9-10H2,1-2H3,(H,25,27,28). The van der Waals surface area contributed by atoms with E-state index in [9.17, 15) is 9.59 Å². The largest absolute Gasteiger partial charge is 0.388 e. The van der Waals surface area contributed by atoms with Crippen LogP contribution in [0.2, 0.25) is 0 Å². The Labute approximate surface area is 161 Å². The molecule has 2 aliphatic heterocycles. The van der Waals surface area contributed by atoms with Crippen LogP contribution in [0.3, 0.4) is 0 Å². The van der Waals surface area contributed by atoms with Crippen molar-refractivity contribution in [3.05, 3.63) is 74.4 Å². The molecule has 0 atom stereocenters. The molecule has 142 valence electrons. The van der Waals surface area contributed by atoms with Gasteiger partial charge in [0, 0.05) is 19.3 Å². The predicted octanol–water partition coefficient (Wildman–Crippen LogP) is 2.57. The maximum Gasteiger partial charge on any atom is 0.349 e. The van der Waals surface area contributed by atoms with E-state index >= 15 is 0 Å². The van der Waals surface area contributed by atoms with Gasteiger partial charge in [0.25, 0.3) is 5.56 Å². The summed E-state index contributed by atoms with van der Waals surface area (Å²) in [4.78, 5) is 34.9. The van der Waals surface area contributed by atoms with Crippen molar-refractivity contribution in [3.8, 4) is 11.5 Å². The molecule has 2 N–H and O–H groups in total.